The molecule has 0 saturated heterocycles. The van der Waals surface area contributed by atoms with Gasteiger partial charge in [0.05, 0.1) is 5.75 Å². The zero-order chi connectivity index (χ0) is 12.0. The number of nitrogens with zero attached hydrogens (tertiary/aromatic N) is 1. The topological polar surface area (TPSA) is 59.1 Å². The van der Waals surface area contributed by atoms with E-state index in [0.717, 1.165) is 17.5 Å². The molecule has 0 bridgehead atoms. The normalized spacial score (nSPS) is 17.9. The van der Waals surface area contributed by atoms with Crippen LogP contribution in [-0.4, -0.2) is 13.4 Å². The van der Waals surface area contributed by atoms with Gasteiger partial charge in [0, 0.05) is 11.8 Å². The SMILES string of the molecule is CC(C)(C)Cc1cnc2c(c1)CS(=O)(=O)N2. The van der Waals surface area contributed by atoms with Gasteiger partial charge >= 0.3 is 0 Å². The number of hydrogen-bond donors (Lipinski definition) is 1. The van der Waals surface area contributed by atoms with Gasteiger partial charge < -0.3 is 0 Å². The van der Waals surface area contributed by atoms with Crippen molar-refractivity contribution in [3.63, 3.8) is 0 Å². The average Bonchev–Trinajstić information content (AvgIpc) is 2.34. The second-order valence-corrected chi connectivity index (χ2v) is 7.17. The van der Waals surface area contributed by atoms with Gasteiger partial charge in [-0.3, -0.25) is 4.72 Å². The Morgan fingerprint density at radius 3 is 2.75 bits per heavy atom. The summed E-state index contributed by atoms with van der Waals surface area (Å²) in [6.07, 6.45) is 2.64. The molecule has 0 aromatic carbocycles. The van der Waals surface area contributed by atoms with Gasteiger partial charge in [0.15, 0.2) is 0 Å². The molecule has 1 N–H and O–H groups in total. The second-order valence-electron chi connectivity index (χ2n) is 5.45. The smallest absolute Gasteiger partial charge is 0.238 e. The van der Waals surface area contributed by atoms with Crippen molar-refractivity contribution in [2.24, 2.45) is 5.41 Å². The number of pyridine rings is 1. The Hall–Kier alpha value is -1.10. The van der Waals surface area contributed by atoms with Gasteiger partial charge in [0.2, 0.25) is 10.0 Å². The second kappa shape index (κ2) is 3.45. The van der Waals surface area contributed by atoms with Gasteiger partial charge in [0.25, 0.3) is 0 Å². The molecule has 1 aliphatic rings. The summed E-state index contributed by atoms with van der Waals surface area (Å²) < 4.78 is 25.1. The lowest BCUT2D eigenvalue weighted by Gasteiger charge is -2.17. The monoisotopic (exact) mass is 240 g/mol. The van der Waals surface area contributed by atoms with Crippen LogP contribution in [0.3, 0.4) is 0 Å². The van der Waals surface area contributed by atoms with E-state index >= 15 is 0 Å². The Morgan fingerprint density at radius 1 is 1.44 bits per heavy atom. The fraction of sp³-hybridized carbons (Fsp3) is 0.545. The lowest BCUT2D eigenvalue weighted by atomic mass is 9.88. The zero-order valence-electron chi connectivity index (χ0n) is 9.74. The average molecular weight is 240 g/mol. The maximum atomic E-state index is 11.3. The van der Waals surface area contributed by atoms with Crippen LogP contribution in [0.1, 0.15) is 31.9 Å². The highest BCUT2D eigenvalue weighted by Gasteiger charge is 2.25. The van der Waals surface area contributed by atoms with Crippen LogP contribution in [0.4, 0.5) is 5.82 Å². The third-order valence-corrected chi connectivity index (χ3v) is 3.55. The molecule has 1 aromatic rings. The van der Waals surface area contributed by atoms with Crippen LogP contribution < -0.4 is 4.72 Å². The first-order chi connectivity index (χ1) is 7.25. The Labute approximate surface area is 96.1 Å². The molecule has 16 heavy (non-hydrogen) atoms. The molecule has 1 aliphatic heterocycles. The fourth-order valence-corrected chi connectivity index (χ4v) is 3.04. The highest BCUT2D eigenvalue weighted by atomic mass is 32.2. The van der Waals surface area contributed by atoms with Crippen molar-refractivity contribution < 1.29 is 8.42 Å². The van der Waals surface area contributed by atoms with Crippen LogP contribution in [-0.2, 0) is 22.2 Å². The molecular formula is C11H16N2O2S. The summed E-state index contributed by atoms with van der Waals surface area (Å²) in [5, 5.41) is 0. The highest BCUT2D eigenvalue weighted by molar-refractivity contribution is 7.92. The molecule has 0 fully saturated rings. The summed E-state index contributed by atoms with van der Waals surface area (Å²) in [6, 6.07) is 1.94. The van der Waals surface area contributed by atoms with Crippen molar-refractivity contribution >= 4 is 15.8 Å². The molecule has 1 aromatic heterocycles. The van der Waals surface area contributed by atoms with Crippen LogP contribution in [0.15, 0.2) is 12.3 Å². The lowest BCUT2D eigenvalue weighted by Crippen LogP contribution is -2.09. The molecular weight excluding hydrogens is 224 g/mol. The first-order valence-corrected chi connectivity index (χ1v) is 6.89. The predicted molar refractivity (Wildman–Crippen MR) is 63.6 cm³/mol. The third kappa shape index (κ3) is 2.52. The number of nitrogens with one attached hydrogen (secondary N) is 1. The zero-order valence-corrected chi connectivity index (χ0v) is 10.6. The number of rotatable bonds is 1. The minimum absolute atomic E-state index is 0.0489. The minimum Gasteiger partial charge on any atom is -0.267 e. The van der Waals surface area contributed by atoms with Gasteiger partial charge in [-0.15, -0.1) is 0 Å². The molecule has 0 aliphatic carbocycles. The molecule has 4 nitrogen and oxygen atoms in total. The summed E-state index contributed by atoms with van der Waals surface area (Å²) in [7, 11) is -3.18. The van der Waals surface area contributed by atoms with E-state index in [1.807, 2.05) is 6.07 Å². The Morgan fingerprint density at radius 2 is 2.12 bits per heavy atom. The van der Waals surface area contributed by atoms with E-state index in [-0.39, 0.29) is 11.2 Å². The van der Waals surface area contributed by atoms with Crippen molar-refractivity contribution in [1.82, 2.24) is 4.98 Å². The van der Waals surface area contributed by atoms with Crippen molar-refractivity contribution in [2.45, 2.75) is 32.9 Å². The predicted octanol–water partition coefficient (Wildman–Crippen LogP) is 1.93. The van der Waals surface area contributed by atoms with Crippen molar-refractivity contribution in [1.29, 1.82) is 0 Å². The van der Waals surface area contributed by atoms with E-state index in [9.17, 15) is 8.42 Å². The summed E-state index contributed by atoms with van der Waals surface area (Å²) in [5.74, 6) is 0.533. The van der Waals surface area contributed by atoms with Gasteiger partial charge in [-0.05, 0) is 23.5 Å². The maximum Gasteiger partial charge on any atom is 0.238 e. The maximum absolute atomic E-state index is 11.3. The molecule has 2 rings (SSSR count). The van der Waals surface area contributed by atoms with Crippen LogP contribution >= 0.6 is 0 Å². The summed E-state index contributed by atoms with van der Waals surface area (Å²) in [4.78, 5) is 4.15. The van der Waals surface area contributed by atoms with E-state index in [1.54, 1.807) is 6.20 Å². The quantitative estimate of drug-likeness (QED) is 0.816. The standard InChI is InChI=1S/C11H16N2O2S/c1-11(2,3)5-8-4-9-7-16(14,15)13-10(9)12-6-8/h4,6H,5,7H2,1-3H3,(H,12,13). The van der Waals surface area contributed by atoms with E-state index in [4.69, 9.17) is 0 Å². The minimum atomic E-state index is -3.18. The first-order valence-electron chi connectivity index (χ1n) is 5.23. The van der Waals surface area contributed by atoms with Crippen molar-refractivity contribution in [2.75, 3.05) is 4.72 Å². The van der Waals surface area contributed by atoms with Gasteiger partial charge in [-0.25, -0.2) is 13.4 Å². The molecule has 0 amide bonds. The van der Waals surface area contributed by atoms with E-state index in [2.05, 4.69) is 30.5 Å². The molecule has 88 valence electrons. The summed E-state index contributed by atoms with van der Waals surface area (Å²) >= 11 is 0. The number of sulfonamides is 1. The highest BCUT2D eigenvalue weighted by Crippen LogP contribution is 2.27. The van der Waals surface area contributed by atoms with E-state index < -0.39 is 10.0 Å². The third-order valence-electron chi connectivity index (χ3n) is 2.36. The van der Waals surface area contributed by atoms with Crippen LogP contribution in [0.2, 0.25) is 0 Å². The summed E-state index contributed by atoms with van der Waals surface area (Å²) in [6.45, 7) is 6.44. The largest absolute Gasteiger partial charge is 0.267 e. The number of hydrogen-bond acceptors (Lipinski definition) is 3. The molecule has 2 heterocycles. The van der Waals surface area contributed by atoms with Crippen LogP contribution in [0.5, 0.6) is 0 Å². The molecule has 0 saturated carbocycles. The number of anilines is 1. The molecule has 5 heteroatoms. The Bertz CT molecular complexity index is 515. The molecule has 0 spiro atoms. The van der Waals surface area contributed by atoms with Crippen LogP contribution in [0.25, 0.3) is 0 Å². The van der Waals surface area contributed by atoms with Crippen molar-refractivity contribution in [3.05, 3.63) is 23.4 Å². The van der Waals surface area contributed by atoms with Crippen molar-refractivity contribution in [3.8, 4) is 0 Å². The van der Waals surface area contributed by atoms with E-state index in [1.165, 1.54) is 0 Å². The van der Waals surface area contributed by atoms with Gasteiger partial charge in [0.1, 0.15) is 5.82 Å². The van der Waals surface area contributed by atoms with Gasteiger partial charge in [-0.1, -0.05) is 20.8 Å². The Kier molecular flexibility index (Phi) is 2.45. The summed E-state index contributed by atoms with van der Waals surface area (Å²) in [5.41, 5.74) is 2.05. The van der Waals surface area contributed by atoms with Crippen LogP contribution in [0, 0.1) is 5.41 Å². The van der Waals surface area contributed by atoms with E-state index in [0.29, 0.717) is 5.82 Å². The Balaban J connectivity index is 2.30. The molecule has 0 radical (unpaired) electrons. The number of aromatic nitrogens is 1. The van der Waals surface area contributed by atoms with Gasteiger partial charge in [-0.2, -0.15) is 0 Å². The number of fused-ring (bicyclic) bond motifs is 1. The molecule has 0 unspecified atom stereocenters. The lowest BCUT2D eigenvalue weighted by molar-refractivity contribution is 0.410. The fourth-order valence-electron chi connectivity index (χ4n) is 1.86. The molecule has 0 atom stereocenters. The first kappa shape index (κ1) is 11.4.